The number of benzene rings is 2. The van der Waals surface area contributed by atoms with Crippen molar-refractivity contribution in [1.29, 1.82) is 0 Å². The van der Waals surface area contributed by atoms with E-state index in [1.54, 1.807) is 36.4 Å². The Morgan fingerprint density at radius 2 is 1.68 bits per heavy atom. The Morgan fingerprint density at radius 1 is 0.964 bits per heavy atom. The molecule has 28 heavy (non-hydrogen) atoms. The molecule has 0 saturated carbocycles. The summed E-state index contributed by atoms with van der Waals surface area (Å²) in [5.41, 5.74) is 6.21. The minimum absolute atomic E-state index is 0.0830. The molecule has 0 heterocycles. The summed E-state index contributed by atoms with van der Waals surface area (Å²) in [6.07, 6.45) is 0.170. The van der Waals surface area contributed by atoms with Crippen LogP contribution in [-0.4, -0.2) is 31.0 Å². The maximum absolute atomic E-state index is 12.1. The average Bonchev–Trinajstić information content (AvgIpc) is 2.65. The Kier molecular flexibility index (Phi) is 8.29. The van der Waals surface area contributed by atoms with Crippen LogP contribution in [0.1, 0.15) is 12.8 Å². The van der Waals surface area contributed by atoms with E-state index in [0.717, 1.165) is 4.47 Å². The lowest BCUT2D eigenvalue weighted by molar-refractivity contribution is -0.118. The highest BCUT2D eigenvalue weighted by atomic mass is 79.9. The van der Waals surface area contributed by atoms with E-state index in [9.17, 15) is 14.4 Å². The van der Waals surface area contributed by atoms with Crippen molar-refractivity contribution < 1.29 is 19.1 Å². The van der Waals surface area contributed by atoms with Gasteiger partial charge in [0.2, 0.25) is 11.8 Å². The van der Waals surface area contributed by atoms with Gasteiger partial charge in [0.05, 0.1) is 18.7 Å². The van der Waals surface area contributed by atoms with E-state index in [1.807, 2.05) is 12.1 Å². The highest BCUT2D eigenvalue weighted by Crippen LogP contribution is 2.24. The molecular weight excluding hydrogens is 428 g/mol. The third kappa shape index (κ3) is 7.67. The van der Waals surface area contributed by atoms with E-state index in [2.05, 4.69) is 31.9 Å². The highest BCUT2D eigenvalue weighted by molar-refractivity contribution is 9.10. The van der Waals surface area contributed by atoms with Crippen LogP contribution in [0, 0.1) is 0 Å². The number of carbonyl (C=O) groups is 3. The number of carbonyl (C=O) groups excluding carboxylic acids is 3. The summed E-state index contributed by atoms with van der Waals surface area (Å²) in [7, 11) is 0. The lowest BCUT2D eigenvalue weighted by atomic mass is 10.2. The van der Waals surface area contributed by atoms with E-state index in [1.165, 1.54) is 0 Å². The quantitative estimate of drug-likeness (QED) is 0.470. The molecule has 0 spiro atoms. The van der Waals surface area contributed by atoms with Gasteiger partial charge in [-0.2, -0.15) is 0 Å². The van der Waals surface area contributed by atoms with Gasteiger partial charge >= 0.3 is 6.03 Å². The molecule has 8 nitrogen and oxygen atoms in total. The molecule has 2 rings (SSSR count). The summed E-state index contributed by atoms with van der Waals surface area (Å²) in [6, 6.07) is 13.6. The molecular formula is C19H21BrN4O4. The second-order valence-electron chi connectivity index (χ2n) is 5.75. The number of ether oxygens (including phenoxy) is 1. The highest BCUT2D eigenvalue weighted by Gasteiger charge is 2.09. The number of halogens is 1. The summed E-state index contributed by atoms with van der Waals surface area (Å²) in [5.74, 6) is -0.304. The fourth-order valence-corrected chi connectivity index (χ4v) is 2.43. The third-order valence-electron chi connectivity index (χ3n) is 3.51. The Bertz CT molecular complexity index is 827. The van der Waals surface area contributed by atoms with E-state index in [-0.39, 0.29) is 31.9 Å². The van der Waals surface area contributed by atoms with Crippen LogP contribution < -0.4 is 26.4 Å². The van der Waals surface area contributed by atoms with Crippen molar-refractivity contribution in [2.75, 3.05) is 23.8 Å². The van der Waals surface area contributed by atoms with Crippen LogP contribution in [0.5, 0.6) is 5.75 Å². The van der Waals surface area contributed by atoms with Crippen molar-refractivity contribution in [1.82, 2.24) is 5.32 Å². The largest absolute Gasteiger partial charge is 0.491 e. The van der Waals surface area contributed by atoms with Gasteiger partial charge in [0.1, 0.15) is 5.75 Å². The maximum Gasteiger partial charge on any atom is 0.319 e. The molecule has 0 saturated heterocycles. The number of urea groups is 1. The Labute approximate surface area is 170 Å². The fourth-order valence-electron chi connectivity index (χ4n) is 2.17. The van der Waals surface area contributed by atoms with E-state index >= 15 is 0 Å². The molecule has 0 radical (unpaired) electrons. The molecule has 9 heteroatoms. The Morgan fingerprint density at radius 3 is 2.39 bits per heavy atom. The van der Waals surface area contributed by atoms with Gasteiger partial charge in [0.25, 0.3) is 0 Å². The number of amides is 4. The van der Waals surface area contributed by atoms with Gasteiger partial charge in [0.15, 0.2) is 0 Å². The molecule has 0 aliphatic heterocycles. The molecule has 148 valence electrons. The van der Waals surface area contributed by atoms with Gasteiger partial charge < -0.3 is 26.4 Å². The predicted octanol–water partition coefficient (Wildman–Crippen LogP) is 2.85. The smallest absolute Gasteiger partial charge is 0.319 e. The number of anilines is 2. The molecule has 0 bridgehead atoms. The monoisotopic (exact) mass is 448 g/mol. The number of nitrogens with one attached hydrogen (secondary N) is 3. The first kappa shape index (κ1) is 21.2. The average molecular weight is 449 g/mol. The number of rotatable bonds is 9. The molecule has 0 aliphatic rings. The second kappa shape index (κ2) is 10.9. The maximum atomic E-state index is 12.1. The molecule has 0 aliphatic carbocycles. The summed E-state index contributed by atoms with van der Waals surface area (Å²) in [5, 5.41) is 8.01. The van der Waals surface area contributed by atoms with Gasteiger partial charge in [-0.25, -0.2) is 4.79 Å². The minimum Gasteiger partial charge on any atom is -0.491 e. The fraction of sp³-hybridized carbons (Fsp3) is 0.211. The number of hydrogen-bond acceptors (Lipinski definition) is 4. The molecule has 0 fully saturated rings. The SMILES string of the molecule is NC(=O)CCOc1ccccc1NC(=O)CCNC(=O)Nc1ccc(Br)cc1. The predicted molar refractivity (Wildman–Crippen MR) is 110 cm³/mol. The molecule has 4 amide bonds. The van der Waals surface area contributed by atoms with Crippen LogP contribution in [-0.2, 0) is 9.59 Å². The number of primary amides is 1. The van der Waals surface area contributed by atoms with Crippen LogP contribution >= 0.6 is 15.9 Å². The normalized spacial score (nSPS) is 10.0. The lowest BCUT2D eigenvalue weighted by Gasteiger charge is -2.12. The van der Waals surface area contributed by atoms with Gasteiger partial charge in [-0.1, -0.05) is 28.1 Å². The zero-order chi connectivity index (χ0) is 20.4. The summed E-state index contributed by atoms with van der Waals surface area (Å²) >= 11 is 3.32. The molecule has 2 aromatic carbocycles. The van der Waals surface area contributed by atoms with Crippen molar-refractivity contribution >= 4 is 45.2 Å². The van der Waals surface area contributed by atoms with E-state index in [4.69, 9.17) is 10.5 Å². The first-order valence-corrected chi connectivity index (χ1v) is 9.34. The standard InChI is InChI=1S/C19H21BrN4O4/c20-13-5-7-14(8-6-13)23-19(27)22-11-9-18(26)24-15-3-1-2-4-16(15)28-12-10-17(21)25/h1-8H,9-12H2,(H2,21,25)(H,24,26)(H2,22,23,27). The van der Waals surface area contributed by atoms with Gasteiger partial charge in [0, 0.05) is 23.1 Å². The van der Waals surface area contributed by atoms with Crippen molar-refractivity contribution in [3.05, 3.63) is 53.0 Å². The topological polar surface area (TPSA) is 123 Å². The summed E-state index contributed by atoms with van der Waals surface area (Å²) in [6.45, 7) is 0.291. The van der Waals surface area contributed by atoms with Crippen molar-refractivity contribution in [2.45, 2.75) is 12.8 Å². The Balaban J connectivity index is 1.75. The summed E-state index contributed by atoms with van der Waals surface area (Å²) in [4.78, 5) is 34.7. The van der Waals surface area contributed by atoms with Crippen LogP contribution in [0.2, 0.25) is 0 Å². The van der Waals surface area contributed by atoms with Crippen LogP contribution in [0.25, 0.3) is 0 Å². The minimum atomic E-state index is -0.464. The lowest BCUT2D eigenvalue weighted by Crippen LogP contribution is -2.31. The second-order valence-corrected chi connectivity index (χ2v) is 6.66. The van der Waals surface area contributed by atoms with Crippen molar-refractivity contribution in [2.24, 2.45) is 5.73 Å². The van der Waals surface area contributed by atoms with Crippen LogP contribution in [0.3, 0.4) is 0 Å². The molecule has 0 atom stereocenters. The van der Waals surface area contributed by atoms with Crippen LogP contribution in [0.4, 0.5) is 16.2 Å². The van der Waals surface area contributed by atoms with Gasteiger partial charge in [-0.15, -0.1) is 0 Å². The first-order chi connectivity index (χ1) is 13.4. The van der Waals surface area contributed by atoms with E-state index in [0.29, 0.717) is 17.1 Å². The third-order valence-corrected chi connectivity index (χ3v) is 4.04. The molecule has 0 aromatic heterocycles. The number of para-hydroxylation sites is 2. The van der Waals surface area contributed by atoms with Gasteiger partial charge in [-0.3, -0.25) is 9.59 Å². The van der Waals surface area contributed by atoms with Crippen molar-refractivity contribution in [3.8, 4) is 5.75 Å². The molecule has 0 unspecified atom stereocenters. The Hall–Kier alpha value is -3.07. The number of nitrogens with two attached hydrogens (primary N) is 1. The summed E-state index contributed by atoms with van der Waals surface area (Å²) < 4.78 is 6.38. The molecule has 5 N–H and O–H groups in total. The first-order valence-electron chi connectivity index (χ1n) is 8.54. The zero-order valence-electron chi connectivity index (χ0n) is 15.0. The van der Waals surface area contributed by atoms with Crippen molar-refractivity contribution in [3.63, 3.8) is 0 Å². The number of hydrogen-bond donors (Lipinski definition) is 4. The molecule has 2 aromatic rings. The van der Waals surface area contributed by atoms with Crippen LogP contribution in [0.15, 0.2) is 53.0 Å². The van der Waals surface area contributed by atoms with E-state index < -0.39 is 11.9 Å². The zero-order valence-corrected chi connectivity index (χ0v) is 16.6. The van der Waals surface area contributed by atoms with Gasteiger partial charge in [-0.05, 0) is 36.4 Å².